The number of amides is 2. The van der Waals surface area contributed by atoms with E-state index < -0.39 is 21.8 Å². The average molecular weight is 472 g/mol. The molecule has 1 aliphatic heterocycles. The van der Waals surface area contributed by atoms with Gasteiger partial charge in [0.15, 0.2) is 0 Å². The van der Waals surface area contributed by atoms with Crippen molar-refractivity contribution in [3.05, 3.63) is 75.4 Å². The van der Waals surface area contributed by atoms with Crippen LogP contribution in [0, 0.1) is 5.41 Å². The number of allylic oxidation sites excluding steroid dienone is 4. The van der Waals surface area contributed by atoms with Gasteiger partial charge >= 0.3 is 0 Å². The zero-order valence-electron chi connectivity index (χ0n) is 17.8. The Morgan fingerprint density at radius 1 is 1.03 bits per heavy atom. The van der Waals surface area contributed by atoms with E-state index in [9.17, 15) is 18.0 Å². The second kappa shape index (κ2) is 7.86. The van der Waals surface area contributed by atoms with Crippen molar-refractivity contribution in [2.45, 2.75) is 33.6 Å². The topological polar surface area (TPSA) is 96.4 Å². The zero-order valence-corrected chi connectivity index (χ0v) is 19.4. The Bertz CT molecular complexity index is 1290. The number of nitrogens with one attached hydrogen (secondary N) is 1. The molecule has 2 amide bonds. The van der Waals surface area contributed by atoms with E-state index in [1.165, 1.54) is 24.5 Å². The van der Waals surface area contributed by atoms with Crippen molar-refractivity contribution < 1.29 is 18.0 Å². The first kappa shape index (κ1) is 22.2. The Balaban J connectivity index is 1.72. The molecule has 0 saturated carbocycles. The van der Waals surface area contributed by atoms with E-state index in [2.05, 4.69) is 30.5 Å². The Morgan fingerprint density at radius 2 is 1.75 bits per heavy atom. The molecule has 0 fully saturated rings. The van der Waals surface area contributed by atoms with Gasteiger partial charge in [0.25, 0.3) is 21.8 Å². The summed E-state index contributed by atoms with van der Waals surface area (Å²) in [5, 5.41) is 0.0716. The van der Waals surface area contributed by atoms with E-state index in [-0.39, 0.29) is 37.8 Å². The van der Waals surface area contributed by atoms with Gasteiger partial charge < -0.3 is 0 Å². The molecule has 0 unspecified atom stereocenters. The van der Waals surface area contributed by atoms with Gasteiger partial charge in [0, 0.05) is 6.20 Å². The molecule has 1 aromatic carbocycles. The van der Waals surface area contributed by atoms with Crippen LogP contribution in [0.15, 0.2) is 59.3 Å². The number of nitrogens with zero attached hydrogens (tertiary/aromatic N) is 2. The lowest BCUT2D eigenvalue weighted by Crippen LogP contribution is -2.29. The SMILES string of the molecule is CC(C)(C)C1=CC=C(S(=O)(=O)Nc2ccc(Cl)c3c2C(=O)N(c2cccnc2)C3=O)CC1. The van der Waals surface area contributed by atoms with Crippen LogP contribution < -0.4 is 9.62 Å². The molecule has 4 rings (SSSR count). The maximum Gasteiger partial charge on any atom is 0.268 e. The van der Waals surface area contributed by atoms with E-state index in [4.69, 9.17) is 11.6 Å². The number of rotatable bonds is 4. The monoisotopic (exact) mass is 471 g/mol. The molecule has 1 aliphatic carbocycles. The number of anilines is 2. The van der Waals surface area contributed by atoms with Crippen LogP contribution in [-0.2, 0) is 10.0 Å². The molecular formula is C23H22ClN3O4S. The van der Waals surface area contributed by atoms with Gasteiger partial charge in [-0.1, -0.05) is 44.0 Å². The summed E-state index contributed by atoms with van der Waals surface area (Å²) in [5.41, 5.74) is 1.31. The van der Waals surface area contributed by atoms with Crippen molar-refractivity contribution in [2.75, 3.05) is 9.62 Å². The summed E-state index contributed by atoms with van der Waals surface area (Å²) in [5.74, 6) is -1.29. The Kier molecular flexibility index (Phi) is 5.46. The van der Waals surface area contributed by atoms with Gasteiger partial charge in [0.2, 0.25) is 0 Å². The molecule has 0 spiro atoms. The maximum atomic E-state index is 13.2. The van der Waals surface area contributed by atoms with Crippen LogP contribution in [-0.4, -0.2) is 25.2 Å². The van der Waals surface area contributed by atoms with Crippen LogP contribution in [0.3, 0.4) is 0 Å². The highest BCUT2D eigenvalue weighted by Crippen LogP contribution is 2.39. The fourth-order valence-corrected chi connectivity index (χ4v) is 5.25. The molecule has 2 aliphatic rings. The van der Waals surface area contributed by atoms with Crippen LogP contribution in [0.4, 0.5) is 11.4 Å². The number of fused-ring (bicyclic) bond motifs is 1. The van der Waals surface area contributed by atoms with Crippen LogP contribution in [0.25, 0.3) is 0 Å². The van der Waals surface area contributed by atoms with Crippen molar-refractivity contribution >= 4 is 44.8 Å². The number of hydrogen-bond donors (Lipinski definition) is 1. The summed E-state index contributed by atoms with van der Waals surface area (Å²) in [6, 6.07) is 5.97. The highest BCUT2D eigenvalue weighted by atomic mass is 35.5. The van der Waals surface area contributed by atoms with Crippen LogP contribution in [0.1, 0.15) is 54.3 Å². The molecule has 1 aromatic heterocycles. The molecule has 0 radical (unpaired) electrons. The summed E-state index contributed by atoms with van der Waals surface area (Å²) in [6.45, 7) is 6.24. The van der Waals surface area contributed by atoms with E-state index in [1.54, 1.807) is 18.2 Å². The maximum absolute atomic E-state index is 13.2. The number of carbonyl (C=O) groups excluding carboxylic acids is 2. The number of halogens is 1. The minimum Gasteiger partial charge on any atom is -0.279 e. The summed E-state index contributed by atoms with van der Waals surface area (Å²) in [7, 11) is -3.93. The molecule has 0 bridgehead atoms. The molecule has 7 nitrogen and oxygen atoms in total. The predicted molar refractivity (Wildman–Crippen MR) is 124 cm³/mol. The Morgan fingerprint density at radius 3 is 2.34 bits per heavy atom. The Hall–Kier alpha value is -2.97. The van der Waals surface area contributed by atoms with Crippen molar-refractivity contribution in [2.24, 2.45) is 5.41 Å². The number of hydrogen-bond acceptors (Lipinski definition) is 5. The van der Waals surface area contributed by atoms with E-state index >= 15 is 0 Å². The standard InChI is InChI=1S/C23H22ClN3O4S/c1-23(2,3)14-6-8-16(9-7-14)32(30,31)26-18-11-10-17(24)19-20(18)22(29)27(21(19)28)15-5-4-12-25-13-15/h4-6,8,10-13,26H,7,9H2,1-3H3. The summed E-state index contributed by atoms with van der Waals surface area (Å²) in [4.78, 5) is 31.2. The second-order valence-electron chi connectivity index (χ2n) is 8.68. The van der Waals surface area contributed by atoms with Gasteiger partial charge in [-0.15, -0.1) is 0 Å². The summed E-state index contributed by atoms with van der Waals surface area (Å²) >= 11 is 6.22. The highest BCUT2D eigenvalue weighted by molar-refractivity contribution is 7.96. The van der Waals surface area contributed by atoms with Gasteiger partial charge in [-0.25, -0.2) is 13.3 Å². The first-order valence-electron chi connectivity index (χ1n) is 10.0. The van der Waals surface area contributed by atoms with Crippen molar-refractivity contribution in [3.63, 3.8) is 0 Å². The third-order valence-corrected chi connectivity index (χ3v) is 7.39. The number of carbonyl (C=O) groups is 2. The number of pyridine rings is 1. The number of benzene rings is 1. The molecule has 2 aromatic rings. The van der Waals surface area contributed by atoms with Crippen molar-refractivity contribution in [3.8, 4) is 0 Å². The third kappa shape index (κ3) is 3.84. The predicted octanol–water partition coefficient (Wildman–Crippen LogP) is 4.93. The minimum atomic E-state index is -3.93. The third-order valence-electron chi connectivity index (χ3n) is 5.56. The van der Waals surface area contributed by atoms with Crippen LogP contribution in [0.2, 0.25) is 5.02 Å². The molecule has 9 heteroatoms. The van der Waals surface area contributed by atoms with Gasteiger partial charge in [-0.3, -0.25) is 19.3 Å². The van der Waals surface area contributed by atoms with E-state index in [1.807, 2.05) is 6.08 Å². The molecular weight excluding hydrogens is 450 g/mol. The molecule has 32 heavy (non-hydrogen) atoms. The van der Waals surface area contributed by atoms with Crippen LogP contribution in [0.5, 0.6) is 0 Å². The van der Waals surface area contributed by atoms with Crippen molar-refractivity contribution in [1.29, 1.82) is 0 Å². The quantitative estimate of drug-likeness (QED) is 0.638. The zero-order chi connectivity index (χ0) is 23.3. The number of sulfonamides is 1. The van der Waals surface area contributed by atoms with Gasteiger partial charge in [0.1, 0.15) is 0 Å². The number of imide groups is 1. The van der Waals surface area contributed by atoms with Gasteiger partial charge in [-0.2, -0.15) is 0 Å². The second-order valence-corrected chi connectivity index (χ2v) is 10.8. The fraction of sp³-hybridized carbons (Fsp3) is 0.261. The lowest BCUT2D eigenvalue weighted by atomic mass is 9.82. The first-order chi connectivity index (χ1) is 15.0. The average Bonchev–Trinajstić information content (AvgIpc) is 3.01. The Labute approximate surface area is 191 Å². The molecule has 0 saturated heterocycles. The number of aromatic nitrogens is 1. The molecule has 1 N–H and O–H groups in total. The highest BCUT2D eigenvalue weighted by Gasteiger charge is 2.41. The normalized spacial score (nSPS) is 16.6. The fourth-order valence-electron chi connectivity index (χ4n) is 3.81. The van der Waals surface area contributed by atoms with Gasteiger partial charge in [-0.05, 0) is 48.6 Å². The largest absolute Gasteiger partial charge is 0.279 e. The van der Waals surface area contributed by atoms with Crippen LogP contribution >= 0.6 is 11.6 Å². The van der Waals surface area contributed by atoms with Gasteiger partial charge in [0.05, 0.1) is 38.6 Å². The van der Waals surface area contributed by atoms with E-state index in [0.717, 1.165) is 10.5 Å². The smallest absolute Gasteiger partial charge is 0.268 e. The van der Waals surface area contributed by atoms with E-state index in [0.29, 0.717) is 12.8 Å². The molecule has 2 heterocycles. The lowest BCUT2D eigenvalue weighted by molar-refractivity contribution is 0.0926. The molecule has 0 atom stereocenters. The summed E-state index contributed by atoms with van der Waals surface area (Å²) < 4.78 is 28.6. The molecule has 166 valence electrons. The van der Waals surface area contributed by atoms with Crippen molar-refractivity contribution in [1.82, 2.24) is 4.98 Å². The first-order valence-corrected chi connectivity index (χ1v) is 11.9. The lowest BCUT2D eigenvalue weighted by Gasteiger charge is -2.26. The minimum absolute atomic E-state index is 0.0145. The summed E-state index contributed by atoms with van der Waals surface area (Å²) in [6.07, 6.45) is 7.31.